The van der Waals surface area contributed by atoms with Crippen molar-refractivity contribution in [1.29, 1.82) is 0 Å². The van der Waals surface area contributed by atoms with E-state index in [4.69, 9.17) is 0 Å². The van der Waals surface area contributed by atoms with Crippen LogP contribution in [0.1, 0.15) is 44.1 Å². The van der Waals surface area contributed by atoms with E-state index in [1.807, 2.05) is 4.90 Å². The van der Waals surface area contributed by atoms with Crippen molar-refractivity contribution < 1.29 is 9.90 Å². The van der Waals surface area contributed by atoms with Gasteiger partial charge in [0.15, 0.2) is 0 Å². The first-order valence-corrected chi connectivity index (χ1v) is 9.61. The fourth-order valence-corrected chi connectivity index (χ4v) is 4.69. The molecule has 1 saturated heterocycles. The molecule has 0 spiro atoms. The molecule has 0 radical (unpaired) electrons. The van der Waals surface area contributed by atoms with Gasteiger partial charge in [-0.2, -0.15) is 0 Å². The highest BCUT2D eigenvalue weighted by Crippen LogP contribution is 2.39. The molecule has 2 heterocycles. The van der Waals surface area contributed by atoms with Gasteiger partial charge < -0.3 is 14.6 Å². The number of amides is 1. The highest BCUT2D eigenvalue weighted by atomic mass is 16.3. The number of fused-ring (bicyclic) bond motifs is 2. The second-order valence-electron chi connectivity index (χ2n) is 7.96. The Labute approximate surface area is 149 Å². The number of hydrogen-bond donors (Lipinski definition) is 1. The van der Waals surface area contributed by atoms with Crippen LogP contribution in [-0.4, -0.2) is 39.2 Å². The van der Waals surface area contributed by atoms with Crippen LogP contribution in [0.25, 0.3) is 10.9 Å². The Hall–Kier alpha value is -1.81. The molecule has 2 atom stereocenters. The number of carbonyl (C=O) groups is 1. The van der Waals surface area contributed by atoms with E-state index in [0.29, 0.717) is 13.0 Å². The summed E-state index contributed by atoms with van der Waals surface area (Å²) in [6.45, 7) is 4.26. The van der Waals surface area contributed by atoms with Crippen molar-refractivity contribution in [2.75, 3.05) is 13.1 Å². The van der Waals surface area contributed by atoms with E-state index in [1.54, 1.807) is 0 Å². The summed E-state index contributed by atoms with van der Waals surface area (Å²) in [4.78, 5) is 14.7. The maximum absolute atomic E-state index is 12.7. The zero-order chi connectivity index (χ0) is 17.4. The predicted molar refractivity (Wildman–Crippen MR) is 99.4 cm³/mol. The van der Waals surface area contributed by atoms with Crippen molar-refractivity contribution in [2.45, 2.75) is 57.6 Å². The molecule has 25 heavy (non-hydrogen) atoms. The summed E-state index contributed by atoms with van der Waals surface area (Å²) in [7, 11) is 0. The van der Waals surface area contributed by atoms with Gasteiger partial charge in [-0.15, -0.1) is 0 Å². The van der Waals surface area contributed by atoms with Gasteiger partial charge in [-0.25, -0.2) is 0 Å². The van der Waals surface area contributed by atoms with E-state index in [0.717, 1.165) is 38.8 Å². The topological polar surface area (TPSA) is 45.5 Å². The highest BCUT2D eigenvalue weighted by Gasteiger charge is 2.43. The number of benzene rings is 1. The summed E-state index contributed by atoms with van der Waals surface area (Å²) in [5.74, 6) is 0.496. The third-order valence-corrected chi connectivity index (χ3v) is 6.27. The Morgan fingerprint density at radius 1 is 1.28 bits per heavy atom. The minimum atomic E-state index is -0.510. The lowest BCUT2D eigenvalue weighted by Gasteiger charge is -2.47. The Kier molecular flexibility index (Phi) is 4.32. The molecular weight excluding hydrogens is 312 g/mol. The quantitative estimate of drug-likeness (QED) is 0.929. The molecule has 4 rings (SSSR count). The van der Waals surface area contributed by atoms with Crippen LogP contribution in [0.2, 0.25) is 0 Å². The molecule has 1 aliphatic heterocycles. The number of aliphatic hydroxyl groups is 1. The van der Waals surface area contributed by atoms with E-state index in [9.17, 15) is 9.90 Å². The van der Waals surface area contributed by atoms with Gasteiger partial charge >= 0.3 is 0 Å². The summed E-state index contributed by atoms with van der Waals surface area (Å²) in [6, 6.07) is 8.56. The number of aryl methyl sites for hydroxylation is 2. The van der Waals surface area contributed by atoms with Crippen LogP contribution < -0.4 is 0 Å². The lowest BCUT2D eigenvalue weighted by Crippen LogP contribution is -2.54. The lowest BCUT2D eigenvalue weighted by atomic mass is 9.71. The van der Waals surface area contributed by atoms with Crippen LogP contribution in [0, 0.1) is 12.8 Å². The summed E-state index contributed by atoms with van der Waals surface area (Å²) in [5, 5.41) is 12.0. The first-order chi connectivity index (χ1) is 12.0. The van der Waals surface area contributed by atoms with Gasteiger partial charge in [0.1, 0.15) is 0 Å². The normalized spacial score (nSPS) is 26.6. The van der Waals surface area contributed by atoms with E-state index in [-0.39, 0.29) is 11.8 Å². The van der Waals surface area contributed by atoms with Crippen LogP contribution in [0.5, 0.6) is 0 Å². The predicted octanol–water partition coefficient (Wildman–Crippen LogP) is 3.49. The summed E-state index contributed by atoms with van der Waals surface area (Å²) >= 11 is 0. The Morgan fingerprint density at radius 3 is 3.04 bits per heavy atom. The zero-order valence-electron chi connectivity index (χ0n) is 15.1. The number of likely N-dealkylation sites (tertiary alicyclic amines) is 1. The summed E-state index contributed by atoms with van der Waals surface area (Å²) in [5.41, 5.74) is 1.94. The van der Waals surface area contributed by atoms with Gasteiger partial charge in [-0.3, -0.25) is 4.79 Å². The van der Waals surface area contributed by atoms with Gasteiger partial charge in [-0.05, 0) is 49.8 Å². The van der Waals surface area contributed by atoms with Crippen LogP contribution >= 0.6 is 0 Å². The molecule has 1 N–H and O–H groups in total. The van der Waals surface area contributed by atoms with Gasteiger partial charge in [0, 0.05) is 43.7 Å². The average Bonchev–Trinajstić information content (AvgIpc) is 3.00. The molecule has 1 aromatic heterocycles. The Morgan fingerprint density at radius 2 is 2.16 bits per heavy atom. The fourth-order valence-electron chi connectivity index (χ4n) is 4.69. The van der Waals surface area contributed by atoms with Gasteiger partial charge in [0.05, 0.1) is 5.60 Å². The highest BCUT2D eigenvalue weighted by molar-refractivity contribution is 5.81. The third kappa shape index (κ3) is 3.20. The molecule has 4 nitrogen and oxygen atoms in total. The van der Waals surface area contributed by atoms with Crippen LogP contribution in [0.15, 0.2) is 30.5 Å². The van der Waals surface area contributed by atoms with E-state index < -0.39 is 5.60 Å². The smallest absolute Gasteiger partial charge is 0.224 e. The maximum atomic E-state index is 12.7. The molecular formula is C21H28N2O2. The second-order valence-corrected chi connectivity index (χ2v) is 7.96. The third-order valence-electron chi connectivity index (χ3n) is 6.27. The largest absolute Gasteiger partial charge is 0.389 e. The first-order valence-electron chi connectivity index (χ1n) is 9.61. The number of nitrogens with zero attached hydrogens (tertiary/aromatic N) is 2. The van der Waals surface area contributed by atoms with Crippen molar-refractivity contribution in [3.8, 4) is 0 Å². The molecule has 4 heteroatoms. The molecule has 1 saturated carbocycles. The van der Waals surface area contributed by atoms with Crippen LogP contribution in [-0.2, 0) is 11.3 Å². The molecule has 2 fully saturated rings. The molecule has 1 aromatic carbocycles. The van der Waals surface area contributed by atoms with Crippen LogP contribution in [0.4, 0.5) is 0 Å². The number of hydrogen-bond acceptors (Lipinski definition) is 2. The first kappa shape index (κ1) is 16.6. The van der Waals surface area contributed by atoms with E-state index in [2.05, 4.69) is 42.0 Å². The monoisotopic (exact) mass is 340 g/mol. The van der Waals surface area contributed by atoms with Crippen molar-refractivity contribution >= 4 is 16.8 Å². The number of aromatic nitrogens is 1. The van der Waals surface area contributed by atoms with E-state index >= 15 is 0 Å². The van der Waals surface area contributed by atoms with Crippen LogP contribution in [0.3, 0.4) is 0 Å². The molecule has 1 aliphatic carbocycles. The molecule has 2 aromatic rings. The minimum absolute atomic E-state index is 0.224. The standard InChI is InChI=1S/C21H28N2O2/c1-16-5-6-19-17(14-16)7-11-22(19)12-8-20(24)23-13-10-21(25)9-3-2-4-18(21)15-23/h5-7,11,14,18,25H,2-4,8-10,12-13,15H2,1H3. The lowest BCUT2D eigenvalue weighted by molar-refractivity contribution is -0.143. The molecule has 2 unspecified atom stereocenters. The zero-order valence-corrected chi connectivity index (χ0v) is 15.1. The van der Waals surface area contributed by atoms with Gasteiger partial charge in [0.2, 0.25) is 5.91 Å². The fraction of sp³-hybridized carbons (Fsp3) is 0.571. The molecule has 134 valence electrons. The summed E-state index contributed by atoms with van der Waals surface area (Å²) in [6.07, 6.45) is 7.63. The average molecular weight is 340 g/mol. The van der Waals surface area contributed by atoms with Crippen molar-refractivity contribution in [2.24, 2.45) is 5.92 Å². The number of rotatable bonds is 3. The maximum Gasteiger partial charge on any atom is 0.224 e. The Balaban J connectivity index is 1.39. The molecule has 0 bridgehead atoms. The Bertz CT molecular complexity index is 781. The van der Waals surface area contributed by atoms with Crippen molar-refractivity contribution in [3.63, 3.8) is 0 Å². The number of carbonyl (C=O) groups excluding carboxylic acids is 1. The summed E-state index contributed by atoms with van der Waals surface area (Å²) < 4.78 is 2.17. The molecule has 2 aliphatic rings. The van der Waals surface area contributed by atoms with Gasteiger partial charge in [-0.1, -0.05) is 24.5 Å². The SMILES string of the molecule is Cc1ccc2c(ccn2CCC(=O)N2CCC3(O)CCCCC3C2)c1. The van der Waals surface area contributed by atoms with E-state index in [1.165, 1.54) is 22.9 Å². The minimum Gasteiger partial charge on any atom is -0.389 e. The van der Waals surface area contributed by atoms with Gasteiger partial charge in [0.25, 0.3) is 0 Å². The van der Waals surface area contributed by atoms with Crippen molar-refractivity contribution in [3.05, 3.63) is 36.0 Å². The number of piperidine rings is 1. The second kappa shape index (κ2) is 6.49. The molecule has 1 amide bonds. The van der Waals surface area contributed by atoms with Crippen molar-refractivity contribution in [1.82, 2.24) is 9.47 Å².